The molecule has 112 valence electrons. The van der Waals surface area contributed by atoms with E-state index in [2.05, 4.69) is 26.9 Å². The molecule has 1 unspecified atom stereocenters. The Kier molecular flexibility index (Phi) is 4.05. The van der Waals surface area contributed by atoms with Crippen molar-refractivity contribution >= 4 is 17.4 Å². The van der Waals surface area contributed by atoms with Crippen molar-refractivity contribution in [3.63, 3.8) is 0 Å². The fraction of sp³-hybridized carbons (Fsp3) is 0.312. The van der Waals surface area contributed by atoms with Crippen LogP contribution in [0.25, 0.3) is 0 Å². The number of aromatic amines is 1. The smallest absolute Gasteiger partial charge is 0.256 e. The predicted molar refractivity (Wildman–Crippen MR) is 82.5 cm³/mol. The molecule has 22 heavy (non-hydrogen) atoms. The van der Waals surface area contributed by atoms with Crippen LogP contribution in [0.1, 0.15) is 29.6 Å². The minimum atomic E-state index is -0.209. The molecule has 0 spiro atoms. The van der Waals surface area contributed by atoms with Gasteiger partial charge >= 0.3 is 0 Å². The van der Waals surface area contributed by atoms with Crippen LogP contribution < -0.4 is 10.6 Å². The highest BCUT2D eigenvalue weighted by atomic mass is 16.1. The second kappa shape index (κ2) is 6.31. The third-order valence-corrected chi connectivity index (χ3v) is 3.75. The summed E-state index contributed by atoms with van der Waals surface area (Å²) in [6, 6.07) is 11.6. The largest absolute Gasteiger partial charge is 0.348 e. The highest BCUT2D eigenvalue weighted by molar-refractivity contribution is 5.99. The maximum Gasteiger partial charge on any atom is 0.256 e. The molecule has 1 aliphatic carbocycles. The number of amides is 1. The highest BCUT2D eigenvalue weighted by Crippen LogP contribution is 2.34. The second-order valence-electron chi connectivity index (χ2n) is 5.43. The van der Waals surface area contributed by atoms with E-state index in [-0.39, 0.29) is 11.9 Å². The Hall–Kier alpha value is -2.81. The van der Waals surface area contributed by atoms with Gasteiger partial charge in [0.25, 0.3) is 5.91 Å². The lowest BCUT2D eigenvalue weighted by Crippen LogP contribution is -2.36. The van der Waals surface area contributed by atoms with Gasteiger partial charge in [-0.2, -0.15) is 10.4 Å². The number of hydrogen-bond acceptors (Lipinski definition) is 4. The van der Waals surface area contributed by atoms with Gasteiger partial charge in [0.05, 0.1) is 18.7 Å². The van der Waals surface area contributed by atoms with Gasteiger partial charge in [0.1, 0.15) is 11.4 Å². The zero-order valence-electron chi connectivity index (χ0n) is 12.0. The summed E-state index contributed by atoms with van der Waals surface area (Å²) in [4.78, 5) is 12.4. The number of carbonyl (C=O) groups excluding carboxylic acids is 1. The first-order valence-corrected chi connectivity index (χ1v) is 7.31. The Balaban J connectivity index is 1.71. The SMILES string of the molecule is N#CCC(NC(=O)c1cn[nH]c1Nc1ccccc1)C1CC1. The third-order valence-electron chi connectivity index (χ3n) is 3.75. The van der Waals surface area contributed by atoms with Gasteiger partial charge in [0.2, 0.25) is 0 Å². The van der Waals surface area contributed by atoms with Crippen LogP contribution in [0.5, 0.6) is 0 Å². The van der Waals surface area contributed by atoms with Crippen LogP contribution >= 0.6 is 0 Å². The molecular formula is C16H17N5O. The molecule has 1 amide bonds. The van der Waals surface area contributed by atoms with E-state index in [1.165, 1.54) is 6.20 Å². The summed E-state index contributed by atoms with van der Waals surface area (Å²) < 4.78 is 0. The Morgan fingerprint density at radius 1 is 1.41 bits per heavy atom. The fourth-order valence-corrected chi connectivity index (χ4v) is 2.40. The topological polar surface area (TPSA) is 93.6 Å². The third kappa shape index (κ3) is 3.26. The van der Waals surface area contributed by atoms with Crippen molar-refractivity contribution in [2.45, 2.75) is 25.3 Å². The van der Waals surface area contributed by atoms with Crippen molar-refractivity contribution in [1.82, 2.24) is 15.5 Å². The van der Waals surface area contributed by atoms with E-state index in [0.717, 1.165) is 18.5 Å². The van der Waals surface area contributed by atoms with Crippen molar-refractivity contribution in [3.8, 4) is 6.07 Å². The molecule has 1 atom stereocenters. The Morgan fingerprint density at radius 2 is 2.18 bits per heavy atom. The lowest BCUT2D eigenvalue weighted by molar-refractivity contribution is 0.0934. The molecular weight excluding hydrogens is 278 g/mol. The average molecular weight is 295 g/mol. The molecule has 6 heteroatoms. The summed E-state index contributed by atoms with van der Waals surface area (Å²) in [7, 11) is 0. The summed E-state index contributed by atoms with van der Waals surface area (Å²) in [5, 5.41) is 21.7. The Labute approximate surface area is 128 Å². The molecule has 0 aliphatic heterocycles. The van der Waals surface area contributed by atoms with Gasteiger partial charge in [-0.05, 0) is 30.9 Å². The number of H-pyrrole nitrogens is 1. The lowest BCUT2D eigenvalue weighted by Gasteiger charge is -2.15. The molecule has 1 fully saturated rings. The number of benzene rings is 1. The van der Waals surface area contributed by atoms with Crippen LogP contribution in [0, 0.1) is 17.2 Å². The number of rotatable bonds is 6. The summed E-state index contributed by atoms with van der Waals surface area (Å²) in [6.07, 6.45) is 3.99. The summed E-state index contributed by atoms with van der Waals surface area (Å²) in [5.74, 6) is 0.774. The molecule has 6 nitrogen and oxygen atoms in total. The lowest BCUT2D eigenvalue weighted by atomic mass is 10.1. The van der Waals surface area contributed by atoms with Crippen LogP contribution in [0.15, 0.2) is 36.5 Å². The van der Waals surface area contributed by atoms with Crippen LogP contribution in [-0.2, 0) is 0 Å². The first-order valence-electron chi connectivity index (χ1n) is 7.31. The van der Waals surface area contributed by atoms with E-state index in [0.29, 0.717) is 23.7 Å². The zero-order chi connectivity index (χ0) is 15.4. The number of nitrogens with zero attached hydrogens (tertiary/aromatic N) is 2. The first kappa shape index (κ1) is 14.1. The van der Waals surface area contributed by atoms with Crippen LogP contribution in [0.4, 0.5) is 11.5 Å². The standard InChI is InChI=1S/C16H17N5O/c17-9-8-14(11-6-7-11)20-16(22)13-10-18-21-15(13)19-12-4-2-1-3-5-12/h1-5,10-11,14H,6-8H2,(H,20,22)(H2,18,19,21). The Morgan fingerprint density at radius 3 is 2.86 bits per heavy atom. The van der Waals surface area contributed by atoms with Crippen molar-refractivity contribution < 1.29 is 4.79 Å². The molecule has 2 aromatic rings. The van der Waals surface area contributed by atoms with Gasteiger partial charge in [-0.3, -0.25) is 9.89 Å². The van der Waals surface area contributed by atoms with Gasteiger partial charge in [0, 0.05) is 11.7 Å². The molecule has 1 saturated carbocycles. The molecule has 1 aromatic carbocycles. The number of anilines is 2. The van der Waals surface area contributed by atoms with E-state index >= 15 is 0 Å². The highest BCUT2D eigenvalue weighted by Gasteiger charge is 2.32. The summed E-state index contributed by atoms with van der Waals surface area (Å²) >= 11 is 0. The molecule has 1 aliphatic rings. The van der Waals surface area contributed by atoms with E-state index in [1.807, 2.05) is 30.3 Å². The van der Waals surface area contributed by atoms with E-state index in [4.69, 9.17) is 5.26 Å². The van der Waals surface area contributed by atoms with Gasteiger partial charge < -0.3 is 10.6 Å². The molecule has 0 saturated heterocycles. The van der Waals surface area contributed by atoms with Crippen molar-refractivity contribution in [1.29, 1.82) is 5.26 Å². The summed E-state index contributed by atoms with van der Waals surface area (Å²) in [5.41, 5.74) is 1.32. The predicted octanol–water partition coefficient (Wildman–Crippen LogP) is 2.58. The number of hydrogen-bond donors (Lipinski definition) is 3. The van der Waals surface area contributed by atoms with Crippen LogP contribution in [0.3, 0.4) is 0 Å². The van der Waals surface area contributed by atoms with E-state index < -0.39 is 0 Å². The number of nitriles is 1. The second-order valence-corrected chi connectivity index (χ2v) is 5.43. The quantitative estimate of drug-likeness (QED) is 0.763. The van der Waals surface area contributed by atoms with Crippen molar-refractivity contribution in [2.75, 3.05) is 5.32 Å². The normalized spacial score (nSPS) is 14.9. The molecule has 1 aromatic heterocycles. The summed E-state index contributed by atoms with van der Waals surface area (Å²) in [6.45, 7) is 0. The molecule has 0 bridgehead atoms. The van der Waals surface area contributed by atoms with Gasteiger partial charge in [-0.1, -0.05) is 18.2 Å². The molecule has 3 N–H and O–H groups in total. The van der Waals surface area contributed by atoms with Crippen molar-refractivity contribution in [2.24, 2.45) is 5.92 Å². The number of para-hydroxylation sites is 1. The first-order chi connectivity index (χ1) is 10.8. The molecule has 1 heterocycles. The van der Waals surface area contributed by atoms with Gasteiger partial charge in [0.15, 0.2) is 0 Å². The molecule has 0 radical (unpaired) electrons. The van der Waals surface area contributed by atoms with Gasteiger partial charge in [-0.15, -0.1) is 0 Å². The monoisotopic (exact) mass is 295 g/mol. The Bertz CT molecular complexity index is 684. The van der Waals surface area contributed by atoms with Gasteiger partial charge in [-0.25, -0.2) is 0 Å². The number of carbonyl (C=O) groups is 1. The maximum absolute atomic E-state index is 12.4. The minimum Gasteiger partial charge on any atom is -0.348 e. The average Bonchev–Trinajstić information content (AvgIpc) is 3.28. The maximum atomic E-state index is 12.4. The number of nitrogens with one attached hydrogen (secondary N) is 3. The molecule has 3 rings (SSSR count). The zero-order valence-corrected chi connectivity index (χ0v) is 12.0. The van der Waals surface area contributed by atoms with Crippen LogP contribution in [-0.4, -0.2) is 22.1 Å². The van der Waals surface area contributed by atoms with E-state index in [9.17, 15) is 4.79 Å². The van der Waals surface area contributed by atoms with Crippen LogP contribution in [0.2, 0.25) is 0 Å². The van der Waals surface area contributed by atoms with E-state index in [1.54, 1.807) is 0 Å². The minimum absolute atomic E-state index is 0.0722. The fourth-order valence-electron chi connectivity index (χ4n) is 2.40. The number of aromatic nitrogens is 2. The van der Waals surface area contributed by atoms with Crippen molar-refractivity contribution in [3.05, 3.63) is 42.1 Å².